The van der Waals surface area contributed by atoms with Crippen molar-refractivity contribution in [2.45, 2.75) is 17.3 Å². The zero-order valence-corrected chi connectivity index (χ0v) is 18.4. The number of thioether (sulfide) groups is 1. The Morgan fingerprint density at radius 2 is 1.87 bits per heavy atom. The highest BCUT2D eigenvalue weighted by Crippen LogP contribution is 2.34. The van der Waals surface area contributed by atoms with Gasteiger partial charge in [-0.3, -0.25) is 4.79 Å². The van der Waals surface area contributed by atoms with Crippen molar-refractivity contribution in [3.05, 3.63) is 53.6 Å². The summed E-state index contributed by atoms with van der Waals surface area (Å²) in [6.45, 7) is 1.27. The molecule has 0 unspecified atom stereocenters. The van der Waals surface area contributed by atoms with E-state index >= 15 is 0 Å². The molecule has 0 saturated carbocycles. The predicted molar refractivity (Wildman–Crippen MR) is 119 cm³/mol. The van der Waals surface area contributed by atoms with Gasteiger partial charge < -0.3 is 19.7 Å². The van der Waals surface area contributed by atoms with Crippen LogP contribution in [0.1, 0.15) is 11.1 Å². The lowest BCUT2D eigenvalue weighted by Gasteiger charge is -2.29. The molecule has 9 heteroatoms. The van der Waals surface area contributed by atoms with E-state index in [1.807, 2.05) is 47.4 Å². The minimum Gasteiger partial charge on any atom is -0.493 e. The van der Waals surface area contributed by atoms with E-state index in [0.717, 1.165) is 27.8 Å². The number of para-hydroxylation sites is 1. The number of ether oxygens (including phenoxy) is 2. The molecule has 0 bridgehead atoms. The molecule has 4 rings (SSSR count). The topological polar surface area (TPSA) is 76.6 Å². The van der Waals surface area contributed by atoms with E-state index < -0.39 is 0 Å². The van der Waals surface area contributed by atoms with Gasteiger partial charge in [0.2, 0.25) is 11.0 Å². The van der Waals surface area contributed by atoms with Gasteiger partial charge >= 0.3 is 0 Å². The van der Waals surface area contributed by atoms with Crippen LogP contribution in [0.3, 0.4) is 0 Å². The van der Waals surface area contributed by atoms with Crippen molar-refractivity contribution < 1.29 is 14.3 Å². The number of benzene rings is 2. The van der Waals surface area contributed by atoms with Crippen LogP contribution in [0.4, 0.5) is 10.8 Å². The minimum atomic E-state index is 0.0909. The number of aromatic nitrogens is 2. The van der Waals surface area contributed by atoms with Crippen molar-refractivity contribution in [1.29, 1.82) is 0 Å². The fourth-order valence-electron chi connectivity index (χ4n) is 3.27. The molecule has 1 aliphatic rings. The van der Waals surface area contributed by atoms with Crippen molar-refractivity contribution in [2.24, 2.45) is 0 Å². The first-order chi connectivity index (χ1) is 14.7. The number of hydrogen-bond donors (Lipinski definition) is 1. The molecule has 0 fully saturated rings. The second-order valence-electron chi connectivity index (χ2n) is 6.69. The first-order valence-corrected chi connectivity index (χ1v) is 11.3. The molecule has 2 heterocycles. The summed E-state index contributed by atoms with van der Waals surface area (Å²) in [7, 11) is 3.25. The molecule has 156 valence electrons. The molecular formula is C21H22N4O3S2. The van der Waals surface area contributed by atoms with E-state index in [1.165, 1.54) is 28.7 Å². The third-order valence-electron chi connectivity index (χ3n) is 4.82. The Balaban J connectivity index is 1.34. The number of carbonyl (C=O) groups is 1. The number of hydrogen-bond acceptors (Lipinski definition) is 8. The average Bonchev–Trinajstić information content (AvgIpc) is 3.23. The monoisotopic (exact) mass is 442 g/mol. The van der Waals surface area contributed by atoms with Crippen LogP contribution in [0, 0.1) is 0 Å². The lowest BCUT2D eigenvalue weighted by Crippen LogP contribution is -2.37. The molecule has 1 aliphatic heterocycles. The van der Waals surface area contributed by atoms with Gasteiger partial charge in [-0.2, -0.15) is 0 Å². The molecule has 1 N–H and O–H groups in total. The normalized spacial score (nSPS) is 12.9. The highest BCUT2D eigenvalue weighted by atomic mass is 32.2. The molecule has 3 aromatic rings. The molecule has 1 amide bonds. The highest BCUT2D eigenvalue weighted by Gasteiger charge is 2.23. The van der Waals surface area contributed by atoms with Gasteiger partial charge in [-0.05, 0) is 41.8 Å². The predicted octanol–water partition coefficient (Wildman–Crippen LogP) is 3.98. The lowest BCUT2D eigenvalue weighted by atomic mass is 9.99. The number of fused-ring (bicyclic) bond motifs is 1. The summed E-state index contributed by atoms with van der Waals surface area (Å²) in [6, 6.07) is 13.8. The molecule has 0 spiro atoms. The molecule has 1 aromatic heterocycles. The fraction of sp³-hybridized carbons (Fsp3) is 0.286. The van der Waals surface area contributed by atoms with Gasteiger partial charge in [0.05, 0.1) is 20.0 Å². The third-order valence-corrected chi connectivity index (χ3v) is 6.78. The molecule has 2 aromatic carbocycles. The van der Waals surface area contributed by atoms with E-state index in [2.05, 4.69) is 15.5 Å². The van der Waals surface area contributed by atoms with Gasteiger partial charge in [-0.15, -0.1) is 10.2 Å². The minimum absolute atomic E-state index is 0.0909. The van der Waals surface area contributed by atoms with Gasteiger partial charge in [0, 0.05) is 18.8 Å². The quantitative estimate of drug-likeness (QED) is 0.555. The fourth-order valence-corrected chi connectivity index (χ4v) is 4.95. The standard InChI is InChI=1S/C21H22N4O3S2/c1-27-17-10-14-8-9-25(12-15(14)11-18(17)28-2)19(26)13-29-21-24-23-20(30-21)22-16-6-4-3-5-7-16/h3-7,10-11H,8-9,12-13H2,1-2H3,(H,22,23). The van der Waals surface area contributed by atoms with Crippen LogP contribution < -0.4 is 14.8 Å². The Kier molecular flexibility index (Phi) is 6.39. The van der Waals surface area contributed by atoms with Gasteiger partial charge in [0.1, 0.15) is 0 Å². The van der Waals surface area contributed by atoms with Crippen molar-refractivity contribution in [3.8, 4) is 11.5 Å². The molecule has 30 heavy (non-hydrogen) atoms. The van der Waals surface area contributed by atoms with Crippen LogP contribution in [-0.2, 0) is 17.8 Å². The van der Waals surface area contributed by atoms with Crippen LogP contribution in [0.15, 0.2) is 46.8 Å². The summed E-state index contributed by atoms with van der Waals surface area (Å²) in [5.74, 6) is 1.84. The Labute approximate surface area is 183 Å². The molecule has 0 aliphatic carbocycles. The summed E-state index contributed by atoms with van der Waals surface area (Å²) in [6.07, 6.45) is 0.802. The molecule has 0 radical (unpaired) electrons. The number of rotatable bonds is 7. The Morgan fingerprint density at radius 1 is 1.13 bits per heavy atom. The van der Waals surface area contributed by atoms with Crippen molar-refractivity contribution in [1.82, 2.24) is 15.1 Å². The number of nitrogens with zero attached hydrogens (tertiary/aromatic N) is 3. The number of carbonyl (C=O) groups excluding carboxylic acids is 1. The van der Waals surface area contributed by atoms with E-state index in [4.69, 9.17) is 9.47 Å². The maximum atomic E-state index is 12.7. The first kappa shape index (κ1) is 20.5. The molecule has 0 saturated heterocycles. The zero-order valence-electron chi connectivity index (χ0n) is 16.8. The van der Waals surface area contributed by atoms with Crippen LogP contribution in [0.25, 0.3) is 0 Å². The van der Waals surface area contributed by atoms with E-state index in [0.29, 0.717) is 29.7 Å². The van der Waals surface area contributed by atoms with Crippen LogP contribution in [0.5, 0.6) is 11.5 Å². The maximum Gasteiger partial charge on any atom is 0.233 e. The van der Waals surface area contributed by atoms with Crippen LogP contribution in [-0.4, -0.2) is 47.5 Å². The Bertz CT molecular complexity index is 1030. The molecular weight excluding hydrogens is 420 g/mol. The number of nitrogens with one attached hydrogen (secondary N) is 1. The Morgan fingerprint density at radius 3 is 2.60 bits per heavy atom. The average molecular weight is 443 g/mol. The summed E-state index contributed by atoms with van der Waals surface area (Å²) in [5, 5.41) is 12.3. The summed E-state index contributed by atoms with van der Waals surface area (Å²) in [5.41, 5.74) is 3.26. The first-order valence-electron chi connectivity index (χ1n) is 9.46. The third kappa shape index (κ3) is 4.68. The van der Waals surface area contributed by atoms with Crippen molar-refractivity contribution in [3.63, 3.8) is 0 Å². The lowest BCUT2D eigenvalue weighted by molar-refractivity contribution is -0.129. The van der Waals surface area contributed by atoms with E-state index in [1.54, 1.807) is 14.2 Å². The molecule has 0 atom stereocenters. The van der Waals surface area contributed by atoms with Crippen molar-refractivity contribution in [2.75, 3.05) is 31.8 Å². The Hall–Kier alpha value is -2.78. The SMILES string of the molecule is COc1cc2c(cc1OC)CN(C(=O)CSc1nnc(Nc3ccccc3)s1)CC2. The van der Waals surface area contributed by atoms with Crippen molar-refractivity contribution >= 4 is 39.8 Å². The smallest absolute Gasteiger partial charge is 0.233 e. The largest absolute Gasteiger partial charge is 0.493 e. The van der Waals surface area contributed by atoms with Gasteiger partial charge in [0.25, 0.3) is 0 Å². The second-order valence-corrected chi connectivity index (χ2v) is 8.89. The number of anilines is 2. The van der Waals surface area contributed by atoms with Crippen LogP contribution in [0.2, 0.25) is 0 Å². The van der Waals surface area contributed by atoms with Gasteiger partial charge in [-0.25, -0.2) is 0 Å². The highest BCUT2D eigenvalue weighted by molar-refractivity contribution is 8.01. The number of methoxy groups -OCH3 is 2. The number of amides is 1. The van der Waals surface area contributed by atoms with E-state index in [9.17, 15) is 4.79 Å². The van der Waals surface area contributed by atoms with E-state index in [-0.39, 0.29) is 5.91 Å². The molecule has 7 nitrogen and oxygen atoms in total. The second kappa shape index (κ2) is 9.36. The van der Waals surface area contributed by atoms with Gasteiger partial charge in [0.15, 0.2) is 15.8 Å². The zero-order chi connectivity index (χ0) is 20.9. The summed E-state index contributed by atoms with van der Waals surface area (Å²) >= 11 is 2.86. The van der Waals surface area contributed by atoms with Gasteiger partial charge in [-0.1, -0.05) is 41.3 Å². The maximum absolute atomic E-state index is 12.7. The summed E-state index contributed by atoms with van der Waals surface area (Å²) < 4.78 is 11.5. The summed E-state index contributed by atoms with van der Waals surface area (Å²) in [4.78, 5) is 14.6. The van der Waals surface area contributed by atoms with Crippen LogP contribution >= 0.6 is 23.1 Å².